The van der Waals surface area contributed by atoms with Crippen molar-refractivity contribution in [1.82, 2.24) is 0 Å². The predicted octanol–water partition coefficient (Wildman–Crippen LogP) is -0.936. The van der Waals surface area contributed by atoms with Gasteiger partial charge in [0, 0.05) is 58.8 Å². The van der Waals surface area contributed by atoms with Crippen molar-refractivity contribution < 1.29 is 78.1 Å². The molecule has 0 aliphatic carbocycles. The summed E-state index contributed by atoms with van der Waals surface area (Å²) in [5.74, 6) is 0. The summed E-state index contributed by atoms with van der Waals surface area (Å²) in [7, 11) is -4.64. The Labute approximate surface area is 85.3 Å². The van der Waals surface area contributed by atoms with Gasteiger partial charge in [-0.1, -0.05) is 0 Å². The van der Waals surface area contributed by atoms with E-state index >= 15 is 0 Å². The van der Waals surface area contributed by atoms with E-state index in [1.165, 1.54) is 0 Å². The van der Waals surface area contributed by atoms with Crippen molar-refractivity contribution >= 4 is 7.82 Å². The third kappa shape index (κ3) is 98.4. The van der Waals surface area contributed by atoms with Crippen LogP contribution in [0.3, 0.4) is 0 Å². The first kappa shape index (κ1) is 22.5. The van der Waals surface area contributed by atoms with E-state index in [1.807, 2.05) is 0 Å². The molecule has 0 bridgehead atoms. The number of phosphoric acid groups is 1. The molecule has 0 fully saturated rings. The third-order valence-corrected chi connectivity index (χ3v) is 0. The van der Waals surface area contributed by atoms with E-state index < -0.39 is 7.82 Å². The van der Waals surface area contributed by atoms with Gasteiger partial charge in [-0.2, -0.15) is 0 Å². The molecule has 4 nitrogen and oxygen atoms in total. The molecule has 0 aromatic rings. The van der Waals surface area contributed by atoms with Crippen molar-refractivity contribution in [3.63, 3.8) is 0 Å². The summed E-state index contributed by atoms with van der Waals surface area (Å²) < 4.78 is 8.88. The molecule has 0 aromatic carbocycles. The molecule has 8 heteroatoms. The van der Waals surface area contributed by atoms with Crippen LogP contribution in [0.25, 0.3) is 0 Å². The van der Waals surface area contributed by atoms with Crippen LogP contribution in [0.5, 0.6) is 0 Å². The van der Waals surface area contributed by atoms with E-state index in [2.05, 4.69) is 0 Å². The number of hydrogen-bond acceptors (Lipinski definition) is 1. The van der Waals surface area contributed by atoms with Gasteiger partial charge in [-0.25, -0.2) is 4.57 Å². The van der Waals surface area contributed by atoms with Crippen LogP contribution in [0.1, 0.15) is 0 Å². The monoisotopic (exact) mass is 248 g/mol. The summed E-state index contributed by atoms with van der Waals surface area (Å²) in [6, 6.07) is 0. The van der Waals surface area contributed by atoms with Crippen LogP contribution >= 0.6 is 7.82 Å². The van der Waals surface area contributed by atoms with E-state index in [0.29, 0.717) is 0 Å². The van der Waals surface area contributed by atoms with Crippen LogP contribution in [0.2, 0.25) is 0 Å². The molecule has 0 amide bonds. The summed E-state index contributed by atoms with van der Waals surface area (Å²) in [5.41, 5.74) is 0. The van der Waals surface area contributed by atoms with Gasteiger partial charge in [0.15, 0.2) is 0 Å². The zero-order chi connectivity index (χ0) is 4.50. The molecule has 0 saturated heterocycles. The fraction of sp³-hybridized carbons (Fsp3) is 0. The maximum absolute atomic E-state index is 8.88. The molecule has 46 valence electrons. The molecule has 0 rings (SSSR count). The van der Waals surface area contributed by atoms with Crippen LogP contribution in [0, 0.1) is 0 Å². The maximum Gasteiger partial charge on any atom is 0.466 e. The summed E-state index contributed by atoms with van der Waals surface area (Å²) in [5, 5.41) is 0. The SMILES string of the molecule is O=P(O)(O)O.[Ti].[V].[V]. The second kappa shape index (κ2) is 8.99. The second-order valence-electron chi connectivity index (χ2n) is 0.513. The zero-order valence-corrected chi connectivity index (χ0v) is 8.84. The Hall–Kier alpha value is 1.99. The molecule has 2 radical (unpaired) electrons. The van der Waals surface area contributed by atoms with E-state index in [9.17, 15) is 0 Å². The van der Waals surface area contributed by atoms with Gasteiger partial charge >= 0.3 is 7.82 Å². The largest absolute Gasteiger partial charge is 0.466 e. The summed E-state index contributed by atoms with van der Waals surface area (Å²) >= 11 is 0. The Morgan fingerprint density at radius 1 is 1.00 bits per heavy atom. The topological polar surface area (TPSA) is 77.8 Å². The van der Waals surface area contributed by atoms with Gasteiger partial charge in [0.2, 0.25) is 0 Å². The first-order valence-electron chi connectivity index (χ1n) is 0.783. The molecule has 0 heterocycles. The standard InChI is InChI=1S/H3O4P.Ti.2V/c1-5(2,3)4;;;/h(H3,1,2,3,4);;;. The van der Waals surface area contributed by atoms with Crippen LogP contribution in [0.15, 0.2) is 0 Å². The molecule has 0 unspecified atom stereocenters. The zero-order valence-electron chi connectivity index (χ0n) is 3.59. The van der Waals surface area contributed by atoms with Crippen LogP contribution < -0.4 is 0 Å². The first-order valence-corrected chi connectivity index (χ1v) is 2.35. The average Bonchev–Trinajstić information content (AvgIpc) is 0.722. The van der Waals surface area contributed by atoms with Crippen LogP contribution in [-0.4, -0.2) is 14.7 Å². The van der Waals surface area contributed by atoms with Crippen molar-refractivity contribution in [3.8, 4) is 0 Å². The molecule has 3 N–H and O–H groups in total. The first-order chi connectivity index (χ1) is 2.00. The van der Waals surface area contributed by atoms with Crippen molar-refractivity contribution in [3.05, 3.63) is 0 Å². The number of hydrogen-bond donors (Lipinski definition) is 3. The number of rotatable bonds is 0. The van der Waals surface area contributed by atoms with Crippen molar-refractivity contribution in [2.75, 3.05) is 0 Å². The molecular formula is H3O4PTiV2. The Kier molecular flexibility index (Phi) is 25.3. The average molecular weight is 248 g/mol. The van der Waals surface area contributed by atoms with E-state index in [-0.39, 0.29) is 58.8 Å². The van der Waals surface area contributed by atoms with Gasteiger partial charge in [-0.15, -0.1) is 0 Å². The molecule has 0 saturated carbocycles. The Bertz CT molecular complexity index is 60.2. The second-order valence-corrected chi connectivity index (χ2v) is 1.54. The minimum atomic E-state index is -4.64. The van der Waals surface area contributed by atoms with Crippen LogP contribution in [0.4, 0.5) is 0 Å². The van der Waals surface area contributed by atoms with Gasteiger partial charge in [0.1, 0.15) is 0 Å². The minimum Gasteiger partial charge on any atom is -0.303 e. The molecule has 0 aromatic heterocycles. The summed E-state index contributed by atoms with van der Waals surface area (Å²) in [4.78, 5) is 21.6. The molecule has 8 heavy (non-hydrogen) atoms. The van der Waals surface area contributed by atoms with Crippen molar-refractivity contribution in [2.45, 2.75) is 0 Å². The molecule has 0 atom stereocenters. The van der Waals surface area contributed by atoms with Crippen molar-refractivity contribution in [2.24, 2.45) is 0 Å². The fourth-order valence-corrected chi connectivity index (χ4v) is 0. The normalized spacial score (nSPS) is 7.38. The third-order valence-electron chi connectivity index (χ3n) is 0. The van der Waals surface area contributed by atoms with Gasteiger partial charge < -0.3 is 14.7 Å². The predicted molar refractivity (Wildman–Crippen MR) is 14.3 cm³/mol. The van der Waals surface area contributed by atoms with E-state index in [4.69, 9.17) is 19.2 Å². The van der Waals surface area contributed by atoms with Gasteiger partial charge in [0.25, 0.3) is 0 Å². The van der Waals surface area contributed by atoms with Gasteiger partial charge in [-0.05, 0) is 0 Å². The maximum atomic E-state index is 8.88. The Balaban J connectivity index is -0.0000000267. The van der Waals surface area contributed by atoms with Gasteiger partial charge in [0.05, 0.1) is 0 Å². The molecule has 0 spiro atoms. The van der Waals surface area contributed by atoms with E-state index in [0.717, 1.165) is 0 Å². The quantitative estimate of drug-likeness (QED) is 0.382. The molecule has 0 aliphatic rings. The Morgan fingerprint density at radius 2 is 1.00 bits per heavy atom. The Morgan fingerprint density at radius 3 is 1.00 bits per heavy atom. The summed E-state index contributed by atoms with van der Waals surface area (Å²) in [6.07, 6.45) is 0. The van der Waals surface area contributed by atoms with Crippen molar-refractivity contribution in [1.29, 1.82) is 0 Å². The molecular weight excluding hydrogens is 245 g/mol. The minimum absolute atomic E-state index is 0. The molecule has 0 aliphatic heterocycles. The summed E-state index contributed by atoms with van der Waals surface area (Å²) in [6.45, 7) is 0. The van der Waals surface area contributed by atoms with Crippen LogP contribution in [-0.2, 0) is 63.4 Å². The van der Waals surface area contributed by atoms with Gasteiger partial charge in [-0.3, -0.25) is 0 Å². The van der Waals surface area contributed by atoms with E-state index in [1.54, 1.807) is 0 Å². The smallest absolute Gasteiger partial charge is 0.303 e. The fourth-order valence-electron chi connectivity index (χ4n) is 0.